The van der Waals surface area contributed by atoms with Gasteiger partial charge in [0.05, 0.1) is 0 Å². The van der Waals surface area contributed by atoms with E-state index in [1.807, 2.05) is 24.3 Å². The van der Waals surface area contributed by atoms with Gasteiger partial charge in [0.25, 0.3) is 11.8 Å². The monoisotopic (exact) mass is 498 g/mol. The van der Waals surface area contributed by atoms with Crippen LogP contribution in [0.15, 0.2) is 77.3 Å². The van der Waals surface area contributed by atoms with Gasteiger partial charge in [-0.2, -0.15) is 4.98 Å². The highest BCUT2D eigenvalue weighted by molar-refractivity contribution is 6.04. The van der Waals surface area contributed by atoms with E-state index in [1.54, 1.807) is 29.2 Å². The molecule has 7 nitrogen and oxygen atoms in total. The number of nitrogens with one attached hydrogen (secondary N) is 1. The number of carbonyl (C=O) groups is 2. The largest absolute Gasteiger partial charge is 0.339 e. The molecule has 0 saturated carbocycles. The molecular weight excluding hydrogens is 471 g/mol. The number of nitrogens with zero attached hydrogens (tertiary/aromatic N) is 3. The molecule has 188 valence electrons. The molecule has 1 aliphatic heterocycles. The maximum Gasteiger partial charge on any atom is 0.255 e. The maximum absolute atomic E-state index is 13.1. The summed E-state index contributed by atoms with van der Waals surface area (Å²) in [6.07, 6.45) is 2.35. The third kappa shape index (κ3) is 5.58. The van der Waals surface area contributed by atoms with Crippen molar-refractivity contribution in [2.24, 2.45) is 0 Å². The number of hydrogen-bond donors (Lipinski definition) is 1. The zero-order valence-corrected chi connectivity index (χ0v) is 20.5. The number of aryl methyl sites for hydroxylation is 1. The Morgan fingerprint density at radius 3 is 2.24 bits per heavy atom. The predicted molar refractivity (Wildman–Crippen MR) is 138 cm³/mol. The van der Waals surface area contributed by atoms with E-state index in [1.165, 1.54) is 29.8 Å². The van der Waals surface area contributed by atoms with Gasteiger partial charge in [0, 0.05) is 41.4 Å². The molecule has 1 saturated heterocycles. The Balaban J connectivity index is 1.18. The molecule has 1 aliphatic rings. The Morgan fingerprint density at radius 1 is 0.946 bits per heavy atom. The zero-order valence-electron chi connectivity index (χ0n) is 20.5. The zero-order chi connectivity index (χ0) is 25.8. The molecule has 1 N–H and O–H groups in total. The molecule has 1 aromatic heterocycles. The standard InChI is InChI=1S/C29H27FN4O3/c1-2-19-3-13-25(14-4-19)31-27(35)21-7-5-20(6-8-21)26-32-28(37-33-26)22-15-17-34(18-16-22)29(36)23-9-11-24(30)12-10-23/h3-14,22H,2,15-18H2,1H3,(H,31,35). The minimum Gasteiger partial charge on any atom is -0.339 e. The van der Waals surface area contributed by atoms with E-state index < -0.39 is 0 Å². The lowest BCUT2D eigenvalue weighted by molar-refractivity contribution is 0.0704. The Morgan fingerprint density at radius 2 is 1.59 bits per heavy atom. The average Bonchev–Trinajstić information content (AvgIpc) is 3.44. The second kappa shape index (κ2) is 10.7. The van der Waals surface area contributed by atoms with Gasteiger partial charge in [-0.05, 0) is 73.4 Å². The number of benzene rings is 3. The lowest BCUT2D eigenvalue weighted by Gasteiger charge is -2.30. The van der Waals surface area contributed by atoms with Crippen molar-refractivity contribution in [3.8, 4) is 11.4 Å². The van der Waals surface area contributed by atoms with Crippen molar-refractivity contribution in [2.45, 2.75) is 32.1 Å². The molecule has 0 bridgehead atoms. The van der Waals surface area contributed by atoms with Crippen molar-refractivity contribution in [1.29, 1.82) is 0 Å². The highest BCUT2D eigenvalue weighted by atomic mass is 19.1. The third-order valence-corrected chi connectivity index (χ3v) is 6.69. The van der Waals surface area contributed by atoms with Gasteiger partial charge in [0.1, 0.15) is 5.82 Å². The van der Waals surface area contributed by atoms with E-state index in [0.717, 1.165) is 17.7 Å². The maximum atomic E-state index is 13.1. The first kappa shape index (κ1) is 24.4. The van der Waals surface area contributed by atoms with E-state index in [4.69, 9.17) is 4.52 Å². The van der Waals surface area contributed by atoms with Gasteiger partial charge < -0.3 is 14.7 Å². The first-order chi connectivity index (χ1) is 18.0. The van der Waals surface area contributed by atoms with Crippen LogP contribution in [0.25, 0.3) is 11.4 Å². The van der Waals surface area contributed by atoms with Crippen LogP contribution in [0.5, 0.6) is 0 Å². The van der Waals surface area contributed by atoms with Crippen LogP contribution >= 0.6 is 0 Å². The van der Waals surface area contributed by atoms with E-state index in [2.05, 4.69) is 22.4 Å². The van der Waals surface area contributed by atoms with Crippen LogP contribution in [-0.4, -0.2) is 39.9 Å². The lowest BCUT2D eigenvalue weighted by Crippen LogP contribution is -2.38. The number of likely N-dealkylation sites (tertiary alicyclic amines) is 1. The molecule has 0 aliphatic carbocycles. The van der Waals surface area contributed by atoms with Crippen molar-refractivity contribution >= 4 is 17.5 Å². The molecule has 0 atom stereocenters. The summed E-state index contributed by atoms with van der Waals surface area (Å²) in [5, 5.41) is 7.03. The van der Waals surface area contributed by atoms with Gasteiger partial charge in [-0.15, -0.1) is 0 Å². The van der Waals surface area contributed by atoms with Gasteiger partial charge >= 0.3 is 0 Å². The van der Waals surface area contributed by atoms with E-state index >= 15 is 0 Å². The van der Waals surface area contributed by atoms with Crippen LogP contribution in [0.3, 0.4) is 0 Å². The molecule has 37 heavy (non-hydrogen) atoms. The first-order valence-electron chi connectivity index (χ1n) is 12.4. The number of hydrogen-bond acceptors (Lipinski definition) is 5. The number of carbonyl (C=O) groups excluding carboxylic acids is 2. The number of halogens is 1. The molecule has 3 aromatic carbocycles. The Kier molecular flexibility index (Phi) is 7.07. The molecular formula is C29H27FN4O3. The smallest absolute Gasteiger partial charge is 0.255 e. The number of anilines is 1. The van der Waals surface area contributed by atoms with Crippen LogP contribution in [0, 0.1) is 5.82 Å². The van der Waals surface area contributed by atoms with Crippen molar-refractivity contribution in [3.63, 3.8) is 0 Å². The predicted octanol–water partition coefficient (Wildman–Crippen LogP) is 5.71. The number of piperidine rings is 1. The lowest BCUT2D eigenvalue weighted by atomic mass is 9.96. The van der Waals surface area contributed by atoms with Gasteiger partial charge in [-0.25, -0.2) is 4.39 Å². The summed E-state index contributed by atoms with van der Waals surface area (Å²) in [6, 6.07) is 20.5. The highest BCUT2D eigenvalue weighted by Gasteiger charge is 2.28. The Labute approximate surface area is 214 Å². The normalized spacial score (nSPS) is 13.9. The molecule has 0 spiro atoms. The van der Waals surface area contributed by atoms with E-state index in [9.17, 15) is 14.0 Å². The average molecular weight is 499 g/mol. The second-order valence-corrected chi connectivity index (χ2v) is 9.11. The van der Waals surface area contributed by atoms with Crippen molar-refractivity contribution < 1.29 is 18.5 Å². The topological polar surface area (TPSA) is 88.3 Å². The summed E-state index contributed by atoms with van der Waals surface area (Å²) >= 11 is 0. The van der Waals surface area contributed by atoms with Crippen LogP contribution < -0.4 is 5.32 Å². The molecule has 2 amide bonds. The van der Waals surface area contributed by atoms with Crippen LogP contribution in [-0.2, 0) is 6.42 Å². The Hall–Kier alpha value is -4.33. The van der Waals surface area contributed by atoms with Gasteiger partial charge in [-0.1, -0.05) is 36.3 Å². The summed E-state index contributed by atoms with van der Waals surface area (Å²) in [6.45, 7) is 3.21. The van der Waals surface area contributed by atoms with E-state index in [-0.39, 0.29) is 23.5 Å². The summed E-state index contributed by atoms with van der Waals surface area (Å²) < 4.78 is 18.7. The van der Waals surface area contributed by atoms with Gasteiger partial charge in [0.15, 0.2) is 0 Å². The van der Waals surface area contributed by atoms with E-state index in [0.29, 0.717) is 48.8 Å². The summed E-state index contributed by atoms with van der Waals surface area (Å²) in [4.78, 5) is 31.6. The fourth-order valence-corrected chi connectivity index (χ4v) is 4.42. The van der Waals surface area contributed by atoms with Gasteiger partial charge in [0.2, 0.25) is 11.7 Å². The molecule has 2 heterocycles. The minimum absolute atomic E-state index is 0.0580. The van der Waals surface area contributed by atoms with Gasteiger partial charge in [-0.3, -0.25) is 9.59 Å². The van der Waals surface area contributed by atoms with Crippen LogP contribution in [0.4, 0.5) is 10.1 Å². The molecule has 0 unspecified atom stereocenters. The number of amides is 2. The minimum atomic E-state index is -0.363. The quantitative estimate of drug-likeness (QED) is 0.368. The third-order valence-electron chi connectivity index (χ3n) is 6.69. The van der Waals surface area contributed by atoms with Crippen LogP contribution in [0.1, 0.15) is 57.9 Å². The number of aromatic nitrogens is 2. The van der Waals surface area contributed by atoms with Crippen molar-refractivity contribution in [3.05, 3.63) is 101 Å². The first-order valence-corrected chi connectivity index (χ1v) is 12.4. The summed E-state index contributed by atoms with van der Waals surface area (Å²) in [5.74, 6) is 0.405. The SMILES string of the molecule is CCc1ccc(NC(=O)c2ccc(-c3noc(C4CCN(C(=O)c5ccc(F)cc5)CC4)n3)cc2)cc1. The molecule has 5 rings (SSSR count). The highest BCUT2D eigenvalue weighted by Crippen LogP contribution is 2.29. The molecule has 0 radical (unpaired) electrons. The fourth-order valence-electron chi connectivity index (χ4n) is 4.42. The van der Waals surface area contributed by atoms with Crippen molar-refractivity contribution in [2.75, 3.05) is 18.4 Å². The fraction of sp³-hybridized carbons (Fsp3) is 0.241. The molecule has 8 heteroatoms. The summed E-state index contributed by atoms with van der Waals surface area (Å²) in [7, 11) is 0. The summed E-state index contributed by atoms with van der Waals surface area (Å²) in [5.41, 5.74) is 3.73. The molecule has 4 aromatic rings. The Bertz CT molecular complexity index is 1370. The molecule has 1 fully saturated rings. The van der Waals surface area contributed by atoms with Crippen LogP contribution in [0.2, 0.25) is 0 Å². The second-order valence-electron chi connectivity index (χ2n) is 9.11. The van der Waals surface area contributed by atoms with Crippen molar-refractivity contribution in [1.82, 2.24) is 15.0 Å². The number of rotatable bonds is 6.